The summed E-state index contributed by atoms with van der Waals surface area (Å²) in [7, 11) is 0. The van der Waals surface area contributed by atoms with Gasteiger partial charge < -0.3 is 9.94 Å². The van der Waals surface area contributed by atoms with Gasteiger partial charge >= 0.3 is 11.9 Å². The van der Waals surface area contributed by atoms with E-state index in [4.69, 9.17) is 34.4 Å². The number of aliphatic carboxylic acids is 1. The second kappa shape index (κ2) is 51.0. The molecule has 2 unspecified atom stereocenters. The Morgan fingerprint density at radius 1 is 0.644 bits per heavy atom. The monoisotopic (exact) mass is 1050 g/mol. The van der Waals surface area contributed by atoms with Gasteiger partial charge in [-0.05, 0) is 92.4 Å². The van der Waals surface area contributed by atoms with Gasteiger partial charge in [-0.15, -0.1) is 71.3 Å². The van der Waals surface area contributed by atoms with Gasteiger partial charge in [0.1, 0.15) is 0 Å². The van der Waals surface area contributed by atoms with Crippen molar-refractivity contribution in [2.75, 3.05) is 11.5 Å². The van der Waals surface area contributed by atoms with Crippen molar-refractivity contribution in [1.82, 2.24) is 10.1 Å². The number of nitrogens with zero attached hydrogens (tertiary/aromatic N) is 2. The van der Waals surface area contributed by atoms with Crippen LogP contribution in [-0.2, 0) is 38.4 Å². The minimum absolute atomic E-state index is 0.00278. The van der Waals surface area contributed by atoms with Crippen LogP contribution in [0.25, 0.3) is 0 Å². The van der Waals surface area contributed by atoms with E-state index in [2.05, 4.69) is 97.1 Å². The van der Waals surface area contributed by atoms with Crippen molar-refractivity contribution in [3.8, 4) is 37.0 Å². The first-order valence-corrected chi connectivity index (χ1v) is 29.0. The number of Topliss-reactive ketones (excluding diaryl/α,β-unsaturated/α-hetero) is 1. The molecule has 0 aromatic rings. The first kappa shape index (κ1) is 72.7. The summed E-state index contributed by atoms with van der Waals surface area (Å²) >= 11 is 2.95. The molecule has 12 nitrogen and oxygen atoms in total. The molecule has 73 heavy (non-hydrogen) atoms. The number of carboxylic acid groups (broad SMARTS) is 1. The van der Waals surface area contributed by atoms with Crippen molar-refractivity contribution in [3.05, 3.63) is 29.5 Å². The molecule has 4 amide bonds. The van der Waals surface area contributed by atoms with Gasteiger partial charge in [-0.25, -0.2) is 4.79 Å². The molecule has 0 aromatic heterocycles. The third kappa shape index (κ3) is 43.6. The number of carboxylic acids is 1. The van der Waals surface area contributed by atoms with E-state index in [1.54, 1.807) is 0 Å². The SMILES string of the molecule is C#CCCC(=O)/C(=C\CC)CCCCC(C)C.C#CCCC(=O)O.C#CCCC(=O)ON1C(=O)CC(SCCCCCCC)C1=O.CCC=C=CCCCC(C)C.CCCCCCCSC1CC(=O)N(O)C1=O. The van der Waals surface area contributed by atoms with Gasteiger partial charge in [0.05, 0.1) is 36.2 Å². The van der Waals surface area contributed by atoms with Gasteiger partial charge in [0.25, 0.3) is 23.6 Å². The Kier molecular flexibility index (Phi) is 50.8. The fourth-order valence-electron chi connectivity index (χ4n) is 6.62. The number of thioether (sulfide) groups is 2. The van der Waals surface area contributed by atoms with E-state index < -0.39 is 40.8 Å². The topological polar surface area (TPSA) is 176 Å². The second-order valence-electron chi connectivity index (χ2n) is 18.5. The summed E-state index contributed by atoms with van der Waals surface area (Å²) in [5, 5.41) is 17.1. The smallest absolute Gasteiger partial charge is 0.334 e. The molecule has 2 atom stereocenters. The molecule has 0 aromatic carbocycles. The highest BCUT2D eigenvalue weighted by Gasteiger charge is 2.42. The molecule has 0 spiro atoms. The summed E-state index contributed by atoms with van der Waals surface area (Å²) in [6, 6.07) is 0. The molecule has 2 N–H and O–H groups in total. The minimum Gasteiger partial charge on any atom is -0.481 e. The Balaban J connectivity index is -0.000000875. The molecule has 2 rings (SSSR count). The molecule has 14 heteroatoms. The van der Waals surface area contributed by atoms with E-state index in [1.807, 2.05) is 0 Å². The van der Waals surface area contributed by atoms with Gasteiger partial charge in [0.15, 0.2) is 5.78 Å². The highest BCUT2D eigenvalue weighted by Crippen LogP contribution is 2.27. The first-order chi connectivity index (χ1) is 34.9. The quantitative estimate of drug-likeness (QED) is 0.0159. The third-order valence-electron chi connectivity index (χ3n) is 10.8. The van der Waals surface area contributed by atoms with E-state index in [0.29, 0.717) is 24.3 Å². The number of allylic oxidation sites excluding steroid dienone is 3. The molecular weight excluding hydrogens is 961 g/mol. The predicted molar refractivity (Wildman–Crippen MR) is 301 cm³/mol. The largest absolute Gasteiger partial charge is 0.481 e. The lowest BCUT2D eigenvalue weighted by Crippen LogP contribution is -2.33. The number of hydroxylamine groups is 4. The molecule has 2 aliphatic rings. The highest BCUT2D eigenvalue weighted by molar-refractivity contribution is 8.00. The van der Waals surface area contributed by atoms with Crippen molar-refractivity contribution < 1.29 is 48.7 Å². The van der Waals surface area contributed by atoms with Crippen molar-refractivity contribution in [1.29, 1.82) is 0 Å². The van der Waals surface area contributed by atoms with Crippen molar-refractivity contribution in [3.63, 3.8) is 0 Å². The zero-order chi connectivity index (χ0) is 55.7. The second-order valence-corrected chi connectivity index (χ2v) is 21.1. The normalized spacial score (nSPS) is 14.7. The van der Waals surface area contributed by atoms with Crippen LogP contribution in [-0.4, -0.2) is 83.8 Å². The molecule has 2 saturated heterocycles. The number of ketones is 1. The van der Waals surface area contributed by atoms with E-state index in [1.165, 1.54) is 101 Å². The fourth-order valence-corrected chi connectivity index (χ4v) is 8.93. The number of hydrogen-bond donors (Lipinski definition) is 2. The van der Waals surface area contributed by atoms with Crippen LogP contribution < -0.4 is 0 Å². The summed E-state index contributed by atoms with van der Waals surface area (Å²) in [4.78, 5) is 83.9. The molecule has 2 aliphatic heterocycles. The van der Waals surface area contributed by atoms with Gasteiger partial charge in [-0.2, -0.15) is 5.06 Å². The van der Waals surface area contributed by atoms with Crippen molar-refractivity contribution in [2.24, 2.45) is 11.8 Å². The summed E-state index contributed by atoms with van der Waals surface area (Å²) in [6.07, 6.45) is 45.4. The van der Waals surface area contributed by atoms with Crippen LogP contribution in [0.5, 0.6) is 0 Å². The maximum absolute atomic E-state index is 12.1. The molecule has 2 heterocycles. The summed E-state index contributed by atoms with van der Waals surface area (Å²) in [5.41, 5.74) is 4.15. The fraction of sp³-hybridized carbons (Fsp3) is 0.695. The summed E-state index contributed by atoms with van der Waals surface area (Å²) in [5.74, 6) is 7.33. The van der Waals surface area contributed by atoms with Gasteiger partial charge in [0, 0.05) is 25.7 Å². The van der Waals surface area contributed by atoms with Crippen molar-refractivity contribution >= 4 is 64.9 Å². The van der Waals surface area contributed by atoms with E-state index in [-0.39, 0.29) is 48.2 Å². The Bertz CT molecular complexity index is 1780. The minimum atomic E-state index is -0.835. The number of carbonyl (C=O) groups excluding carboxylic acids is 6. The number of terminal acetylenes is 3. The maximum atomic E-state index is 12.1. The molecule has 0 bridgehead atoms. The number of hydrogen-bond acceptors (Lipinski definition) is 11. The zero-order valence-electron chi connectivity index (χ0n) is 46.2. The molecule has 0 radical (unpaired) electrons. The van der Waals surface area contributed by atoms with Gasteiger partial charge in [-0.3, -0.25) is 34.0 Å². The average Bonchev–Trinajstić information content (AvgIpc) is 3.76. The van der Waals surface area contributed by atoms with Crippen LogP contribution in [0.1, 0.15) is 229 Å². The van der Waals surface area contributed by atoms with E-state index in [0.717, 1.165) is 73.9 Å². The lowest BCUT2D eigenvalue weighted by Gasteiger charge is -2.13. The highest BCUT2D eigenvalue weighted by atomic mass is 32.2. The van der Waals surface area contributed by atoms with Crippen LogP contribution in [0.4, 0.5) is 0 Å². The zero-order valence-corrected chi connectivity index (χ0v) is 47.8. The third-order valence-corrected chi connectivity index (χ3v) is 13.4. The summed E-state index contributed by atoms with van der Waals surface area (Å²) < 4.78 is 0. The average molecular weight is 1060 g/mol. The van der Waals surface area contributed by atoms with Gasteiger partial charge in [-0.1, -0.05) is 132 Å². The molecule has 412 valence electrons. The number of carbonyl (C=O) groups is 7. The van der Waals surface area contributed by atoms with Crippen LogP contribution in [0, 0.1) is 48.9 Å². The van der Waals surface area contributed by atoms with Crippen LogP contribution in [0.2, 0.25) is 0 Å². The number of amides is 4. The Morgan fingerprint density at radius 3 is 1.62 bits per heavy atom. The lowest BCUT2D eigenvalue weighted by molar-refractivity contribution is -0.197. The Labute approximate surface area is 450 Å². The Hall–Kier alpha value is -4.51. The van der Waals surface area contributed by atoms with Crippen molar-refractivity contribution in [2.45, 2.75) is 239 Å². The molecule has 2 fully saturated rings. The van der Waals surface area contributed by atoms with Crippen LogP contribution >= 0.6 is 23.5 Å². The van der Waals surface area contributed by atoms with Gasteiger partial charge in [0.2, 0.25) is 0 Å². The lowest BCUT2D eigenvalue weighted by atomic mass is 9.98. The Morgan fingerprint density at radius 2 is 1.15 bits per heavy atom. The first-order valence-electron chi connectivity index (χ1n) is 26.9. The van der Waals surface area contributed by atoms with E-state index >= 15 is 0 Å². The molecule has 0 saturated carbocycles. The van der Waals surface area contributed by atoms with Crippen LogP contribution in [0.3, 0.4) is 0 Å². The number of unbranched alkanes of at least 4 members (excludes halogenated alkanes) is 10. The maximum Gasteiger partial charge on any atom is 0.334 e. The molecular formula is C59H94N2O10S2. The van der Waals surface area contributed by atoms with Crippen LogP contribution in [0.15, 0.2) is 29.5 Å². The predicted octanol–water partition coefficient (Wildman–Crippen LogP) is 13.8. The standard InChI is InChI=1S/C16H23NO4S.C16H26O.C11H19NO3S.C11H20.C5H6O2/c1-3-5-7-8-9-11-22-13-12-14(18)17(16(13)20)21-15(19)10-6-4-2;1-5-7-13-16(17)15(10-6-2)12-9-8-11-14(3)4;1-2-3-4-5-6-7-16-9-8-10(13)12(15)11(9)14;1-4-5-6-7-8-9-10-11(2)3;1-2-3-4-5(6)7/h2,13H,3,5-12H2,1H3;1,10,14H,6-9,11-13H2,2-4H3;9,15H,2-8H2,1H3;5,7,11H,4,8-10H2,1-3H3;1H,3-4H2,(H,6,7)/b;15-10-;;;. The number of imide groups is 2. The summed E-state index contributed by atoms with van der Waals surface area (Å²) in [6.45, 7) is 17.6. The number of rotatable bonds is 33. The van der Waals surface area contributed by atoms with E-state index in [9.17, 15) is 33.6 Å². The molecule has 0 aliphatic carbocycles.